The van der Waals surface area contributed by atoms with E-state index < -0.39 is 0 Å². The van der Waals surface area contributed by atoms with Crippen molar-refractivity contribution >= 4 is 34.6 Å². The molecule has 1 aromatic heterocycles. The van der Waals surface area contributed by atoms with Gasteiger partial charge in [0.25, 0.3) is 5.56 Å². The largest absolute Gasteiger partial charge is 0.396 e. The highest BCUT2D eigenvalue weighted by Gasteiger charge is 2.26. The number of fused-ring (bicyclic) bond motifs is 1. The molecule has 0 spiro atoms. The molecule has 0 amide bonds. The maximum Gasteiger partial charge on any atom is 0.294 e. The topological polar surface area (TPSA) is 94.4 Å². The number of nitrogens with two attached hydrogens (primary N) is 1. The summed E-state index contributed by atoms with van der Waals surface area (Å²) < 4.78 is 3.57. The fourth-order valence-electron chi connectivity index (χ4n) is 2.81. The minimum atomic E-state index is -0.314. The number of ketones is 1. The van der Waals surface area contributed by atoms with Gasteiger partial charge in [0.2, 0.25) is 5.78 Å². The van der Waals surface area contributed by atoms with E-state index in [0.717, 1.165) is 13.0 Å². The van der Waals surface area contributed by atoms with Gasteiger partial charge in [-0.1, -0.05) is 11.6 Å². The van der Waals surface area contributed by atoms with Gasteiger partial charge in [0.05, 0.1) is 11.4 Å². The summed E-state index contributed by atoms with van der Waals surface area (Å²) in [5.74, 6) is 0.362. The molecule has 2 heterocycles. The average Bonchev–Trinajstić information content (AvgIpc) is 3.09. The normalized spacial score (nSPS) is 19.3. The maximum atomic E-state index is 12.6. The van der Waals surface area contributed by atoms with Crippen molar-refractivity contribution < 1.29 is 4.79 Å². The number of hydrogen-bond donors (Lipinski definition) is 2. The Kier molecular flexibility index (Phi) is 3.89. The quantitative estimate of drug-likeness (QED) is 0.818. The number of halogens is 1. The zero-order chi connectivity index (χ0) is 16.7. The highest BCUT2D eigenvalue weighted by Crippen LogP contribution is 2.28. The minimum absolute atomic E-state index is 0.0550. The van der Waals surface area contributed by atoms with Crippen molar-refractivity contribution in [2.24, 2.45) is 10.7 Å². The van der Waals surface area contributed by atoms with Gasteiger partial charge in [-0.2, -0.15) is 0 Å². The van der Waals surface area contributed by atoms with Crippen LogP contribution in [-0.4, -0.2) is 27.4 Å². The van der Waals surface area contributed by atoms with Crippen molar-refractivity contribution in [1.82, 2.24) is 9.36 Å². The van der Waals surface area contributed by atoms with Crippen LogP contribution in [0.1, 0.15) is 20.3 Å². The second-order valence-electron chi connectivity index (χ2n) is 5.51. The van der Waals surface area contributed by atoms with Crippen molar-refractivity contribution in [2.45, 2.75) is 33.4 Å². The van der Waals surface area contributed by atoms with Gasteiger partial charge in [0.1, 0.15) is 5.03 Å². The molecule has 2 aliphatic rings. The molecule has 8 heteroatoms. The number of aliphatic imine (C=N–C) groups is 1. The number of aromatic nitrogens is 2. The van der Waals surface area contributed by atoms with Gasteiger partial charge in [-0.25, -0.2) is 9.67 Å². The summed E-state index contributed by atoms with van der Waals surface area (Å²) in [6.07, 6.45) is 2.48. The standard InChI is InChI=1S/C15H18ClN5O2/c1-3-18-14-12(15(23)21-6-4-5-20(14)21)19-9-7-8(2)13(22)10(16)11(9)17/h7,18H,3-6,17H2,1-2H3. The van der Waals surface area contributed by atoms with Gasteiger partial charge >= 0.3 is 0 Å². The Bertz CT molecular complexity index is 841. The molecule has 0 bridgehead atoms. The molecule has 7 nitrogen and oxygen atoms in total. The Morgan fingerprint density at radius 2 is 2.04 bits per heavy atom. The predicted octanol–water partition coefficient (Wildman–Crippen LogP) is 1.50. The van der Waals surface area contributed by atoms with Crippen LogP contribution < -0.4 is 16.6 Å². The van der Waals surface area contributed by atoms with Crippen LogP contribution >= 0.6 is 11.6 Å². The summed E-state index contributed by atoms with van der Waals surface area (Å²) >= 11 is 5.97. The smallest absolute Gasteiger partial charge is 0.294 e. The van der Waals surface area contributed by atoms with Gasteiger partial charge in [-0.05, 0) is 26.3 Å². The van der Waals surface area contributed by atoms with Crippen LogP contribution in [-0.2, 0) is 17.9 Å². The summed E-state index contributed by atoms with van der Waals surface area (Å²) in [6, 6.07) is 0. The van der Waals surface area contributed by atoms with Crippen molar-refractivity contribution in [1.29, 1.82) is 0 Å². The first-order chi connectivity index (χ1) is 11.0. The van der Waals surface area contributed by atoms with Gasteiger partial charge in [0.15, 0.2) is 11.5 Å². The Hall–Kier alpha value is -2.28. The molecule has 0 aromatic carbocycles. The molecule has 0 atom stereocenters. The zero-order valence-corrected chi connectivity index (χ0v) is 13.8. The van der Waals surface area contributed by atoms with Gasteiger partial charge in [-0.3, -0.25) is 14.3 Å². The van der Waals surface area contributed by atoms with Crippen LogP contribution in [0.5, 0.6) is 0 Å². The first kappa shape index (κ1) is 15.6. The average molecular weight is 336 g/mol. The monoisotopic (exact) mass is 335 g/mol. The first-order valence-corrected chi connectivity index (χ1v) is 7.88. The Morgan fingerprint density at radius 1 is 1.35 bits per heavy atom. The summed E-state index contributed by atoms with van der Waals surface area (Å²) in [6.45, 7) is 5.70. The molecule has 1 aliphatic carbocycles. The van der Waals surface area contributed by atoms with Gasteiger partial charge < -0.3 is 11.1 Å². The van der Waals surface area contributed by atoms with Crippen LogP contribution in [0.25, 0.3) is 0 Å². The molecule has 0 fully saturated rings. The van der Waals surface area contributed by atoms with Crippen LogP contribution in [0.3, 0.4) is 0 Å². The molecule has 1 aromatic rings. The molecule has 3 rings (SSSR count). The minimum Gasteiger partial charge on any atom is -0.396 e. The summed E-state index contributed by atoms with van der Waals surface area (Å²) in [4.78, 5) is 28.8. The number of carbonyl (C=O) groups excluding carboxylic acids is 1. The number of Topliss-reactive ketones (excluding diaryl/α,β-unsaturated/α-hetero) is 1. The second kappa shape index (κ2) is 5.73. The van der Waals surface area contributed by atoms with E-state index in [1.165, 1.54) is 0 Å². The number of hydrogen-bond acceptors (Lipinski definition) is 5. The van der Waals surface area contributed by atoms with E-state index in [1.54, 1.807) is 17.7 Å². The highest BCUT2D eigenvalue weighted by molar-refractivity contribution is 6.49. The van der Waals surface area contributed by atoms with Crippen molar-refractivity contribution in [3.8, 4) is 0 Å². The molecule has 0 saturated heterocycles. The molecule has 1 aliphatic heterocycles. The lowest BCUT2D eigenvalue weighted by Crippen LogP contribution is -2.21. The Labute approximate surface area is 138 Å². The van der Waals surface area contributed by atoms with E-state index in [9.17, 15) is 9.59 Å². The molecule has 23 heavy (non-hydrogen) atoms. The number of allylic oxidation sites excluding steroid dienone is 3. The van der Waals surface area contributed by atoms with Crippen LogP contribution in [0.2, 0.25) is 0 Å². The number of carbonyl (C=O) groups is 1. The lowest BCUT2D eigenvalue weighted by molar-refractivity contribution is -0.111. The van der Waals surface area contributed by atoms with Crippen molar-refractivity contribution in [2.75, 3.05) is 11.9 Å². The molecule has 0 unspecified atom stereocenters. The van der Waals surface area contributed by atoms with E-state index in [2.05, 4.69) is 10.3 Å². The second-order valence-corrected chi connectivity index (χ2v) is 5.89. The van der Waals surface area contributed by atoms with Crippen LogP contribution in [0, 0.1) is 0 Å². The van der Waals surface area contributed by atoms with E-state index in [0.29, 0.717) is 35.9 Å². The summed E-state index contributed by atoms with van der Waals surface area (Å²) in [5.41, 5.74) is 6.92. The SMILES string of the molecule is CCNc1c(N=C2C=C(C)C(=O)C(Cl)=C2N)c(=O)n2n1CCC2. The predicted molar refractivity (Wildman–Crippen MR) is 90.4 cm³/mol. The third-order valence-corrected chi connectivity index (χ3v) is 4.33. The fraction of sp³-hybridized carbons (Fsp3) is 0.400. The molecule has 0 radical (unpaired) electrons. The first-order valence-electron chi connectivity index (χ1n) is 7.50. The lowest BCUT2D eigenvalue weighted by Gasteiger charge is -2.13. The highest BCUT2D eigenvalue weighted by atomic mass is 35.5. The molecular weight excluding hydrogens is 318 g/mol. The summed E-state index contributed by atoms with van der Waals surface area (Å²) in [5, 5.41) is 3.14. The molecule has 122 valence electrons. The molecular formula is C15H18ClN5O2. The van der Waals surface area contributed by atoms with Crippen LogP contribution in [0.4, 0.5) is 11.5 Å². The van der Waals surface area contributed by atoms with Crippen LogP contribution in [0.15, 0.2) is 32.2 Å². The van der Waals surface area contributed by atoms with Crippen molar-refractivity contribution in [3.63, 3.8) is 0 Å². The fourth-order valence-corrected chi connectivity index (χ4v) is 3.06. The third kappa shape index (κ3) is 2.41. The van der Waals surface area contributed by atoms with Crippen molar-refractivity contribution in [3.05, 3.63) is 32.7 Å². The van der Waals surface area contributed by atoms with E-state index in [1.807, 2.05) is 11.6 Å². The number of rotatable bonds is 3. The van der Waals surface area contributed by atoms with E-state index >= 15 is 0 Å². The lowest BCUT2D eigenvalue weighted by atomic mass is 10.0. The molecule has 0 saturated carbocycles. The van der Waals surface area contributed by atoms with Gasteiger partial charge in [-0.15, -0.1) is 0 Å². The third-order valence-electron chi connectivity index (χ3n) is 3.95. The molecule has 3 N–H and O–H groups in total. The van der Waals surface area contributed by atoms with E-state index in [4.69, 9.17) is 17.3 Å². The Balaban J connectivity index is 2.17. The number of anilines is 1. The summed E-state index contributed by atoms with van der Waals surface area (Å²) in [7, 11) is 0. The number of nitrogens with one attached hydrogen (secondary N) is 1. The maximum absolute atomic E-state index is 12.6. The van der Waals surface area contributed by atoms with E-state index in [-0.39, 0.29) is 22.1 Å². The Morgan fingerprint density at radius 3 is 2.74 bits per heavy atom. The zero-order valence-electron chi connectivity index (χ0n) is 13.0. The van der Waals surface area contributed by atoms with Gasteiger partial charge in [0, 0.05) is 25.2 Å². The number of nitrogens with zero attached hydrogens (tertiary/aromatic N) is 3.